The third-order valence-electron chi connectivity index (χ3n) is 5.36. The van der Waals surface area contributed by atoms with E-state index in [9.17, 15) is 4.79 Å². The van der Waals surface area contributed by atoms with E-state index >= 15 is 0 Å². The summed E-state index contributed by atoms with van der Waals surface area (Å²) in [6, 6.07) is 14.6. The van der Waals surface area contributed by atoms with Crippen molar-refractivity contribution >= 4 is 11.7 Å². The minimum absolute atomic E-state index is 0.0232. The number of likely N-dealkylation sites (tertiary alicyclic amines) is 1. The Kier molecular flexibility index (Phi) is 4.53. The van der Waals surface area contributed by atoms with Gasteiger partial charge in [-0.05, 0) is 47.9 Å². The Hall–Kier alpha value is -2.20. The van der Waals surface area contributed by atoms with Crippen molar-refractivity contribution in [2.24, 2.45) is 11.8 Å². The zero-order valence-electron chi connectivity index (χ0n) is 14.7. The van der Waals surface area contributed by atoms with Crippen molar-refractivity contribution in [2.45, 2.75) is 32.2 Å². The lowest BCUT2D eigenvalue weighted by Crippen LogP contribution is -2.29. The molecule has 2 unspecified atom stereocenters. The van der Waals surface area contributed by atoms with Gasteiger partial charge >= 0.3 is 0 Å². The summed E-state index contributed by atoms with van der Waals surface area (Å²) in [5.41, 5.74) is 2.60. The lowest BCUT2D eigenvalue weighted by Gasteiger charge is -2.16. The van der Waals surface area contributed by atoms with Gasteiger partial charge < -0.3 is 5.32 Å². The molecule has 2 fully saturated rings. The Morgan fingerprint density at radius 1 is 1.20 bits per heavy atom. The van der Waals surface area contributed by atoms with E-state index in [4.69, 9.17) is 0 Å². The number of rotatable bonds is 5. The van der Waals surface area contributed by atoms with Crippen LogP contribution in [0.15, 0.2) is 48.7 Å². The quantitative estimate of drug-likeness (QED) is 0.907. The van der Waals surface area contributed by atoms with Crippen LogP contribution in [0.4, 0.5) is 5.82 Å². The fourth-order valence-electron chi connectivity index (χ4n) is 3.78. The van der Waals surface area contributed by atoms with Gasteiger partial charge in [0, 0.05) is 25.8 Å². The minimum atomic E-state index is 0.0232. The second kappa shape index (κ2) is 6.96. The summed E-state index contributed by atoms with van der Waals surface area (Å²) in [5.74, 6) is 1.85. The molecule has 0 bridgehead atoms. The predicted octanol–water partition coefficient (Wildman–Crippen LogP) is 3.67. The summed E-state index contributed by atoms with van der Waals surface area (Å²) in [4.78, 5) is 19.4. The van der Waals surface area contributed by atoms with E-state index in [1.54, 1.807) is 0 Å². The fraction of sp³-hybridized carbons (Fsp3) is 0.429. The molecular weight excluding hydrogens is 310 g/mol. The van der Waals surface area contributed by atoms with Crippen LogP contribution in [-0.4, -0.2) is 28.9 Å². The maximum Gasteiger partial charge on any atom is 0.230 e. The number of pyridine rings is 1. The maximum atomic E-state index is 12.7. The van der Waals surface area contributed by atoms with Crippen LogP contribution in [0.2, 0.25) is 0 Å². The number of amides is 1. The van der Waals surface area contributed by atoms with Gasteiger partial charge in [0.05, 0.1) is 5.92 Å². The summed E-state index contributed by atoms with van der Waals surface area (Å²) < 4.78 is 0. The first-order valence-corrected chi connectivity index (χ1v) is 9.22. The predicted molar refractivity (Wildman–Crippen MR) is 99.2 cm³/mol. The van der Waals surface area contributed by atoms with E-state index in [1.165, 1.54) is 24.0 Å². The first-order valence-electron chi connectivity index (χ1n) is 9.22. The number of hydrogen-bond donors (Lipinski definition) is 1. The van der Waals surface area contributed by atoms with Gasteiger partial charge in [0.1, 0.15) is 5.82 Å². The van der Waals surface area contributed by atoms with Crippen molar-refractivity contribution in [3.05, 3.63) is 59.8 Å². The van der Waals surface area contributed by atoms with Crippen LogP contribution in [0, 0.1) is 11.8 Å². The molecule has 1 saturated carbocycles. The first-order chi connectivity index (χ1) is 12.2. The highest BCUT2D eigenvalue weighted by Crippen LogP contribution is 2.40. The van der Waals surface area contributed by atoms with E-state index in [1.807, 2.05) is 18.3 Å². The van der Waals surface area contributed by atoms with E-state index < -0.39 is 0 Å². The summed E-state index contributed by atoms with van der Waals surface area (Å²) in [5, 5.41) is 3.05. The molecule has 4 heteroatoms. The second-order valence-corrected chi connectivity index (χ2v) is 7.50. The highest BCUT2D eigenvalue weighted by atomic mass is 16.2. The Bertz CT molecular complexity index is 742. The van der Waals surface area contributed by atoms with Gasteiger partial charge in [-0.2, -0.15) is 0 Å². The van der Waals surface area contributed by atoms with Gasteiger partial charge in [0.15, 0.2) is 0 Å². The molecule has 4 rings (SSSR count). The SMILES string of the molecule is CC1CN(Cc2ccccc2)CC1C(=O)Nc1cc(C2CC2)ccn1. The Labute approximate surface area is 149 Å². The van der Waals surface area contributed by atoms with Gasteiger partial charge in [-0.25, -0.2) is 4.98 Å². The molecule has 1 aromatic heterocycles. The number of aromatic nitrogens is 1. The second-order valence-electron chi connectivity index (χ2n) is 7.50. The molecule has 0 radical (unpaired) electrons. The number of benzene rings is 1. The largest absolute Gasteiger partial charge is 0.310 e. The van der Waals surface area contributed by atoms with Gasteiger partial charge in [-0.1, -0.05) is 37.3 Å². The van der Waals surface area contributed by atoms with Crippen molar-refractivity contribution in [2.75, 3.05) is 18.4 Å². The van der Waals surface area contributed by atoms with Crippen LogP contribution in [0.1, 0.15) is 36.8 Å². The average molecular weight is 335 g/mol. The number of nitrogens with one attached hydrogen (secondary N) is 1. The molecule has 4 nitrogen and oxygen atoms in total. The van der Waals surface area contributed by atoms with Crippen LogP contribution in [0.5, 0.6) is 0 Å². The molecule has 1 amide bonds. The highest BCUT2D eigenvalue weighted by molar-refractivity contribution is 5.92. The summed E-state index contributed by atoms with van der Waals surface area (Å²) in [6.07, 6.45) is 4.32. The molecule has 1 aliphatic carbocycles. The van der Waals surface area contributed by atoms with Crippen molar-refractivity contribution in [3.8, 4) is 0 Å². The number of nitrogens with zero attached hydrogens (tertiary/aromatic N) is 2. The van der Waals surface area contributed by atoms with E-state index in [-0.39, 0.29) is 11.8 Å². The van der Waals surface area contributed by atoms with Gasteiger partial charge in [0.2, 0.25) is 5.91 Å². The Morgan fingerprint density at radius 2 is 2.00 bits per heavy atom. The van der Waals surface area contributed by atoms with Crippen LogP contribution in [-0.2, 0) is 11.3 Å². The van der Waals surface area contributed by atoms with Crippen molar-refractivity contribution in [1.29, 1.82) is 0 Å². The topological polar surface area (TPSA) is 45.2 Å². The first kappa shape index (κ1) is 16.3. The third kappa shape index (κ3) is 3.90. The summed E-state index contributed by atoms with van der Waals surface area (Å²) in [6.45, 7) is 4.85. The molecule has 0 spiro atoms. The molecule has 2 aromatic rings. The number of carbonyl (C=O) groups is 1. The zero-order valence-corrected chi connectivity index (χ0v) is 14.7. The number of anilines is 1. The van der Waals surface area contributed by atoms with Crippen LogP contribution < -0.4 is 5.32 Å². The molecule has 1 aromatic carbocycles. The van der Waals surface area contributed by atoms with Crippen molar-refractivity contribution in [1.82, 2.24) is 9.88 Å². The van der Waals surface area contributed by atoms with Crippen molar-refractivity contribution < 1.29 is 4.79 Å². The molecular formula is C21H25N3O. The van der Waals surface area contributed by atoms with E-state index in [0.29, 0.717) is 17.7 Å². The maximum absolute atomic E-state index is 12.7. The monoisotopic (exact) mass is 335 g/mol. The smallest absolute Gasteiger partial charge is 0.230 e. The molecule has 1 aliphatic heterocycles. The van der Waals surface area contributed by atoms with E-state index in [2.05, 4.69) is 52.5 Å². The third-order valence-corrected chi connectivity index (χ3v) is 5.36. The van der Waals surface area contributed by atoms with Crippen LogP contribution in [0.25, 0.3) is 0 Å². The van der Waals surface area contributed by atoms with Gasteiger partial charge in [-0.3, -0.25) is 9.69 Å². The van der Waals surface area contributed by atoms with Crippen LogP contribution >= 0.6 is 0 Å². The van der Waals surface area contributed by atoms with Gasteiger partial charge in [0.25, 0.3) is 0 Å². The number of carbonyl (C=O) groups excluding carboxylic acids is 1. The molecule has 1 N–H and O–H groups in total. The minimum Gasteiger partial charge on any atom is -0.310 e. The van der Waals surface area contributed by atoms with Gasteiger partial charge in [-0.15, -0.1) is 0 Å². The Morgan fingerprint density at radius 3 is 2.76 bits per heavy atom. The summed E-state index contributed by atoms with van der Waals surface area (Å²) in [7, 11) is 0. The molecule has 130 valence electrons. The molecule has 2 atom stereocenters. The normalized spacial score (nSPS) is 23.6. The molecule has 25 heavy (non-hydrogen) atoms. The van der Waals surface area contributed by atoms with Crippen molar-refractivity contribution in [3.63, 3.8) is 0 Å². The number of hydrogen-bond acceptors (Lipinski definition) is 3. The Balaban J connectivity index is 1.37. The van der Waals surface area contributed by atoms with Crippen LogP contribution in [0.3, 0.4) is 0 Å². The summed E-state index contributed by atoms with van der Waals surface area (Å²) >= 11 is 0. The van der Waals surface area contributed by atoms with E-state index in [0.717, 1.165) is 19.6 Å². The fourth-order valence-corrected chi connectivity index (χ4v) is 3.78. The molecule has 2 heterocycles. The molecule has 2 aliphatic rings. The molecule has 1 saturated heterocycles. The highest BCUT2D eigenvalue weighted by Gasteiger charge is 2.35. The lowest BCUT2D eigenvalue weighted by molar-refractivity contribution is -0.120. The average Bonchev–Trinajstić information content (AvgIpc) is 3.40. The lowest BCUT2D eigenvalue weighted by atomic mass is 9.97. The zero-order chi connectivity index (χ0) is 17.2. The standard InChI is InChI=1S/C21H25N3O/c1-15-12-24(13-16-5-3-2-4-6-16)14-19(15)21(25)23-20-11-18(9-10-22-20)17-7-8-17/h2-6,9-11,15,17,19H,7-8,12-14H2,1H3,(H,22,23,25).